The zero-order valence-corrected chi connectivity index (χ0v) is 21.7. The Labute approximate surface area is 211 Å². The van der Waals surface area contributed by atoms with Gasteiger partial charge in [0.1, 0.15) is 0 Å². The van der Waals surface area contributed by atoms with E-state index in [-0.39, 0.29) is 5.91 Å². The second-order valence-corrected chi connectivity index (χ2v) is 10.1. The van der Waals surface area contributed by atoms with Gasteiger partial charge in [-0.25, -0.2) is 9.67 Å². The summed E-state index contributed by atoms with van der Waals surface area (Å²) in [7, 11) is 0. The summed E-state index contributed by atoms with van der Waals surface area (Å²) < 4.78 is 10.2. The van der Waals surface area contributed by atoms with Gasteiger partial charge < -0.3 is 9.30 Å². The number of nitrogens with one attached hydrogen (secondary N) is 1. The fraction of sp³-hybridized carbons (Fsp3) is 0.429. The fourth-order valence-corrected chi connectivity index (χ4v) is 4.82. The van der Waals surface area contributed by atoms with Gasteiger partial charge >= 0.3 is 0 Å². The smallest absolute Gasteiger partial charge is 0.258 e. The molecule has 4 heterocycles. The van der Waals surface area contributed by atoms with Crippen LogP contribution < -0.4 is 10.1 Å². The molecule has 5 rings (SSSR count). The van der Waals surface area contributed by atoms with E-state index in [1.54, 1.807) is 18.3 Å². The lowest BCUT2D eigenvalue weighted by molar-refractivity contribution is 0.102. The van der Waals surface area contributed by atoms with Crippen molar-refractivity contribution in [3.05, 3.63) is 53.3 Å². The van der Waals surface area contributed by atoms with Crippen LogP contribution in [0.25, 0.3) is 22.3 Å². The van der Waals surface area contributed by atoms with Gasteiger partial charge in [0.15, 0.2) is 0 Å². The van der Waals surface area contributed by atoms with Crippen LogP contribution in [0.5, 0.6) is 5.88 Å². The highest BCUT2D eigenvalue weighted by Gasteiger charge is 2.21. The Morgan fingerprint density at radius 2 is 2.03 bits per heavy atom. The number of benzene rings is 1. The molecule has 1 atom stereocenters. The summed E-state index contributed by atoms with van der Waals surface area (Å²) in [6, 6.07) is 9.98. The predicted octanol–water partition coefficient (Wildman–Crippen LogP) is 5.81. The van der Waals surface area contributed by atoms with Crippen LogP contribution in [0.1, 0.15) is 68.1 Å². The van der Waals surface area contributed by atoms with E-state index >= 15 is 0 Å². The minimum absolute atomic E-state index is 0.213. The second-order valence-electron chi connectivity index (χ2n) is 10.1. The molecule has 8 nitrogen and oxygen atoms in total. The highest BCUT2D eigenvalue weighted by atomic mass is 16.5. The molecule has 0 spiro atoms. The van der Waals surface area contributed by atoms with E-state index in [4.69, 9.17) is 14.7 Å². The molecule has 1 N–H and O–H groups in total. The van der Waals surface area contributed by atoms with Crippen molar-refractivity contribution in [1.29, 1.82) is 0 Å². The van der Waals surface area contributed by atoms with Gasteiger partial charge in [-0.15, -0.1) is 0 Å². The van der Waals surface area contributed by atoms with Crippen molar-refractivity contribution >= 4 is 22.9 Å². The van der Waals surface area contributed by atoms with Gasteiger partial charge in [0, 0.05) is 24.3 Å². The van der Waals surface area contributed by atoms with Crippen molar-refractivity contribution in [2.45, 2.75) is 66.5 Å². The molecule has 0 saturated heterocycles. The molecule has 1 aliphatic rings. The largest absolute Gasteiger partial charge is 0.477 e. The molecule has 36 heavy (non-hydrogen) atoms. The lowest BCUT2D eigenvalue weighted by atomic mass is 10.0. The van der Waals surface area contributed by atoms with Crippen molar-refractivity contribution < 1.29 is 9.53 Å². The Morgan fingerprint density at radius 3 is 2.81 bits per heavy atom. The maximum absolute atomic E-state index is 13.5. The number of ether oxygens (including phenoxy) is 1. The third-order valence-corrected chi connectivity index (χ3v) is 6.82. The molecule has 2 bridgehead atoms. The molecule has 0 saturated carbocycles. The van der Waals surface area contributed by atoms with Gasteiger partial charge in [-0.3, -0.25) is 15.1 Å². The van der Waals surface area contributed by atoms with Gasteiger partial charge in [-0.05, 0) is 68.4 Å². The zero-order valence-electron chi connectivity index (χ0n) is 21.7. The van der Waals surface area contributed by atoms with Crippen molar-refractivity contribution in [1.82, 2.24) is 24.3 Å². The van der Waals surface area contributed by atoms with Crippen LogP contribution in [-0.4, -0.2) is 36.8 Å². The molecule has 188 valence electrons. The summed E-state index contributed by atoms with van der Waals surface area (Å²) in [5.41, 5.74) is 5.93. The summed E-state index contributed by atoms with van der Waals surface area (Å²) >= 11 is 0. The molecule has 1 aromatic carbocycles. The maximum atomic E-state index is 13.5. The quantitative estimate of drug-likeness (QED) is 0.386. The SMILES string of the molecule is CCn1ncc2c1OCCC[C@@H](C)Cn1c(nc3ccc(C(C)C)cc31)NC(=O)c1cc(C)nc-2c1. The number of rotatable bonds is 2. The first-order valence-electron chi connectivity index (χ1n) is 12.8. The van der Waals surface area contributed by atoms with E-state index < -0.39 is 0 Å². The van der Waals surface area contributed by atoms with E-state index in [1.165, 1.54) is 5.56 Å². The highest BCUT2D eigenvalue weighted by molar-refractivity contribution is 6.04. The topological polar surface area (TPSA) is 86.9 Å². The third-order valence-electron chi connectivity index (χ3n) is 6.82. The molecule has 1 amide bonds. The van der Waals surface area contributed by atoms with E-state index in [1.807, 2.05) is 18.5 Å². The van der Waals surface area contributed by atoms with E-state index in [2.05, 4.69) is 54.0 Å². The monoisotopic (exact) mass is 486 g/mol. The number of amides is 1. The van der Waals surface area contributed by atoms with Crippen LogP contribution in [0.3, 0.4) is 0 Å². The Bertz CT molecular complexity index is 1420. The molecule has 0 unspecified atom stereocenters. The summed E-state index contributed by atoms with van der Waals surface area (Å²) in [5, 5.41) is 7.59. The average Bonchev–Trinajstić information content (AvgIpc) is 3.41. The molecule has 4 aromatic rings. The minimum Gasteiger partial charge on any atom is -0.477 e. The lowest BCUT2D eigenvalue weighted by Crippen LogP contribution is -2.18. The van der Waals surface area contributed by atoms with Gasteiger partial charge in [-0.1, -0.05) is 26.8 Å². The first-order valence-corrected chi connectivity index (χ1v) is 12.8. The number of carbonyl (C=O) groups excluding carboxylic acids is 1. The Morgan fingerprint density at radius 1 is 1.19 bits per heavy atom. The molecule has 0 radical (unpaired) electrons. The summed E-state index contributed by atoms with van der Waals surface area (Å²) in [6.07, 6.45) is 3.67. The molecular weight excluding hydrogens is 452 g/mol. The van der Waals surface area contributed by atoms with E-state index in [0.717, 1.165) is 41.7 Å². The zero-order chi connectivity index (χ0) is 25.4. The number of aromatic nitrogens is 5. The second kappa shape index (κ2) is 9.76. The molecule has 8 heteroatoms. The molecule has 0 fully saturated rings. The van der Waals surface area contributed by atoms with Crippen molar-refractivity contribution in [3.8, 4) is 17.1 Å². The normalized spacial score (nSPS) is 16.6. The lowest BCUT2D eigenvalue weighted by Gasteiger charge is -2.16. The van der Waals surface area contributed by atoms with Crippen LogP contribution in [0.15, 0.2) is 36.5 Å². The summed E-state index contributed by atoms with van der Waals surface area (Å²) in [4.78, 5) is 23.0. The van der Waals surface area contributed by atoms with Crippen LogP contribution in [-0.2, 0) is 13.1 Å². The van der Waals surface area contributed by atoms with Crippen molar-refractivity contribution in [2.75, 3.05) is 11.9 Å². The van der Waals surface area contributed by atoms with Crippen LogP contribution in [0.2, 0.25) is 0 Å². The highest BCUT2D eigenvalue weighted by Crippen LogP contribution is 2.31. The third kappa shape index (κ3) is 4.59. The van der Waals surface area contributed by atoms with E-state index in [9.17, 15) is 4.79 Å². The average molecular weight is 487 g/mol. The molecule has 3 aromatic heterocycles. The summed E-state index contributed by atoms with van der Waals surface area (Å²) in [6.45, 7) is 12.6. The van der Waals surface area contributed by atoms with Crippen molar-refractivity contribution in [2.24, 2.45) is 5.92 Å². The summed E-state index contributed by atoms with van der Waals surface area (Å²) in [5.74, 6) is 1.84. The number of fused-ring (bicyclic) bond motifs is 7. The number of anilines is 1. The van der Waals surface area contributed by atoms with Gasteiger partial charge in [-0.2, -0.15) is 5.10 Å². The van der Waals surface area contributed by atoms with Crippen LogP contribution >= 0.6 is 0 Å². The van der Waals surface area contributed by atoms with Crippen LogP contribution in [0, 0.1) is 12.8 Å². The number of imidazole rings is 1. The maximum Gasteiger partial charge on any atom is 0.258 e. The number of hydrogen-bond donors (Lipinski definition) is 1. The van der Waals surface area contributed by atoms with Gasteiger partial charge in [0.25, 0.3) is 5.91 Å². The Balaban J connectivity index is 1.61. The Kier molecular flexibility index (Phi) is 6.51. The number of pyridine rings is 1. The minimum atomic E-state index is -0.213. The number of carbonyl (C=O) groups is 1. The van der Waals surface area contributed by atoms with E-state index in [0.29, 0.717) is 48.1 Å². The van der Waals surface area contributed by atoms with Crippen LogP contribution in [0.4, 0.5) is 5.95 Å². The first kappa shape index (κ1) is 24.0. The van der Waals surface area contributed by atoms with Crippen molar-refractivity contribution in [3.63, 3.8) is 0 Å². The molecule has 0 aliphatic carbocycles. The predicted molar refractivity (Wildman–Crippen MR) is 142 cm³/mol. The van der Waals surface area contributed by atoms with Gasteiger partial charge in [0.2, 0.25) is 11.8 Å². The first-order chi connectivity index (χ1) is 17.3. The standard InChI is InChI=1S/C28H34N6O2/c1-6-34-27-22(15-29-34)24-13-21(12-19(5)30-24)26(35)32-28-31-23-10-9-20(17(2)3)14-25(23)33(28)16-18(4)8-7-11-36-27/h9-10,12-15,17-18H,6-8,11,16H2,1-5H3,(H,31,32,35)/t18-/m1/s1. The Hall–Kier alpha value is -3.68. The number of nitrogens with zero attached hydrogens (tertiary/aromatic N) is 5. The number of hydrogen-bond acceptors (Lipinski definition) is 5. The molecule has 1 aliphatic heterocycles. The molecular formula is C28H34N6O2. The van der Waals surface area contributed by atoms with Gasteiger partial charge in [0.05, 0.1) is 35.1 Å². The number of aryl methyl sites for hydroxylation is 2. The fourth-order valence-electron chi connectivity index (χ4n) is 4.82.